The van der Waals surface area contributed by atoms with Gasteiger partial charge in [0.05, 0.1) is 12.8 Å². The van der Waals surface area contributed by atoms with Crippen molar-refractivity contribution in [1.82, 2.24) is 15.6 Å². The van der Waals surface area contributed by atoms with Crippen LogP contribution in [0.5, 0.6) is 0 Å². The van der Waals surface area contributed by atoms with E-state index in [-0.39, 0.29) is 28.7 Å². The SMILES string of the molecule is C=C(NC(=O)c1csc(-c2cccc(CC)c2)n1)C(=O)NC(=C)C(=O)OC.CCC(=O)OC(C)(C)C. The van der Waals surface area contributed by atoms with E-state index < -0.39 is 17.8 Å². The summed E-state index contributed by atoms with van der Waals surface area (Å²) in [5.41, 5.74) is 1.43. The maximum absolute atomic E-state index is 12.3. The van der Waals surface area contributed by atoms with Crippen molar-refractivity contribution < 1.29 is 28.7 Å². The van der Waals surface area contributed by atoms with Gasteiger partial charge in [0.2, 0.25) is 0 Å². The number of nitrogens with zero attached hydrogens (tertiary/aromatic N) is 1. The minimum absolute atomic E-state index is 0.137. The molecule has 1 aromatic heterocycles. The maximum Gasteiger partial charge on any atom is 0.353 e. The molecule has 2 rings (SSSR count). The number of hydrogen-bond acceptors (Lipinski definition) is 8. The third-order valence-corrected chi connectivity index (χ3v) is 5.15. The molecule has 0 unspecified atom stereocenters. The third kappa shape index (κ3) is 10.2. The first-order chi connectivity index (χ1) is 16.8. The molecule has 0 fully saturated rings. The Bertz CT molecular complexity index is 1130. The number of carbonyl (C=O) groups is 4. The van der Waals surface area contributed by atoms with E-state index in [4.69, 9.17) is 4.74 Å². The first-order valence-corrected chi connectivity index (χ1v) is 12.0. The van der Waals surface area contributed by atoms with Gasteiger partial charge in [-0.05, 0) is 38.8 Å². The Morgan fingerprint density at radius 3 is 2.25 bits per heavy atom. The fourth-order valence-electron chi connectivity index (χ4n) is 2.49. The van der Waals surface area contributed by atoms with Crippen LogP contribution in [-0.4, -0.2) is 41.4 Å². The largest absolute Gasteiger partial charge is 0.464 e. The molecule has 0 saturated carbocycles. The average Bonchev–Trinajstić information content (AvgIpc) is 3.33. The number of methoxy groups -OCH3 is 1. The lowest BCUT2D eigenvalue weighted by Gasteiger charge is -2.18. The monoisotopic (exact) mass is 515 g/mol. The summed E-state index contributed by atoms with van der Waals surface area (Å²) in [5.74, 6) is -2.28. The summed E-state index contributed by atoms with van der Waals surface area (Å²) in [4.78, 5) is 50.4. The van der Waals surface area contributed by atoms with Crippen LogP contribution in [0.4, 0.5) is 0 Å². The summed E-state index contributed by atoms with van der Waals surface area (Å²) < 4.78 is 9.37. The summed E-state index contributed by atoms with van der Waals surface area (Å²) in [6.45, 7) is 16.3. The van der Waals surface area contributed by atoms with E-state index >= 15 is 0 Å². The van der Waals surface area contributed by atoms with Crippen LogP contribution in [0.3, 0.4) is 0 Å². The number of aromatic nitrogens is 1. The van der Waals surface area contributed by atoms with Gasteiger partial charge >= 0.3 is 11.9 Å². The number of amides is 2. The molecule has 0 atom stereocenters. The highest BCUT2D eigenvalue weighted by Crippen LogP contribution is 2.24. The lowest BCUT2D eigenvalue weighted by Crippen LogP contribution is -2.35. The number of carbonyl (C=O) groups excluding carboxylic acids is 4. The minimum Gasteiger partial charge on any atom is -0.464 e. The van der Waals surface area contributed by atoms with Crippen LogP contribution in [0, 0.1) is 0 Å². The van der Waals surface area contributed by atoms with Gasteiger partial charge in [-0.25, -0.2) is 9.78 Å². The van der Waals surface area contributed by atoms with Crippen molar-refractivity contribution in [3.63, 3.8) is 0 Å². The Balaban J connectivity index is 0.000000613. The molecular formula is C26H33N3O6S. The maximum atomic E-state index is 12.3. The smallest absolute Gasteiger partial charge is 0.353 e. The second-order valence-electron chi connectivity index (χ2n) is 8.39. The molecule has 2 aromatic rings. The van der Waals surface area contributed by atoms with Crippen LogP contribution < -0.4 is 10.6 Å². The molecule has 36 heavy (non-hydrogen) atoms. The van der Waals surface area contributed by atoms with Crippen molar-refractivity contribution in [3.05, 3.63) is 65.5 Å². The average molecular weight is 516 g/mol. The van der Waals surface area contributed by atoms with Gasteiger partial charge in [-0.1, -0.05) is 45.2 Å². The molecular weight excluding hydrogens is 482 g/mol. The Morgan fingerprint density at radius 2 is 1.72 bits per heavy atom. The van der Waals surface area contributed by atoms with Gasteiger partial charge in [0.15, 0.2) is 0 Å². The van der Waals surface area contributed by atoms with Gasteiger partial charge in [-0.2, -0.15) is 0 Å². The number of nitrogens with one attached hydrogen (secondary N) is 2. The molecule has 0 saturated heterocycles. The van der Waals surface area contributed by atoms with Gasteiger partial charge in [0.1, 0.15) is 22.0 Å². The number of aryl methyl sites for hydroxylation is 1. The Labute approximate surface area is 215 Å². The highest BCUT2D eigenvalue weighted by Gasteiger charge is 2.18. The molecule has 1 heterocycles. The van der Waals surface area contributed by atoms with Crippen LogP contribution in [0.25, 0.3) is 10.6 Å². The van der Waals surface area contributed by atoms with Crippen molar-refractivity contribution in [2.24, 2.45) is 0 Å². The van der Waals surface area contributed by atoms with Gasteiger partial charge < -0.3 is 20.1 Å². The summed E-state index contributed by atoms with van der Waals surface area (Å²) in [5, 5.41) is 6.84. The van der Waals surface area contributed by atoms with E-state index in [2.05, 4.69) is 40.4 Å². The van der Waals surface area contributed by atoms with E-state index in [0.717, 1.165) is 19.1 Å². The molecule has 0 radical (unpaired) electrons. The van der Waals surface area contributed by atoms with Crippen molar-refractivity contribution in [2.45, 2.75) is 53.1 Å². The molecule has 0 spiro atoms. The van der Waals surface area contributed by atoms with Gasteiger partial charge in [-0.15, -0.1) is 11.3 Å². The highest BCUT2D eigenvalue weighted by atomic mass is 32.1. The Kier molecular flexibility index (Phi) is 11.7. The quantitative estimate of drug-likeness (QED) is 0.400. The fraction of sp³-hybridized carbons (Fsp3) is 0.346. The second-order valence-corrected chi connectivity index (χ2v) is 9.25. The molecule has 1 aromatic carbocycles. The number of rotatable bonds is 8. The number of hydrogen-bond donors (Lipinski definition) is 2. The predicted octanol–water partition coefficient (Wildman–Crippen LogP) is 4.16. The second kappa shape index (κ2) is 13.9. The molecule has 0 aliphatic carbocycles. The topological polar surface area (TPSA) is 124 Å². The zero-order valence-electron chi connectivity index (χ0n) is 21.5. The first-order valence-electron chi connectivity index (χ1n) is 11.2. The predicted molar refractivity (Wildman–Crippen MR) is 139 cm³/mol. The van der Waals surface area contributed by atoms with E-state index in [9.17, 15) is 19.2 Å². The van der Waals surface area contributed by atoms with Crippen LogP contribution in [0.1, 0.15) is 57.1 Å². The standard InChI is InChI=1S/C19H19N3O4S.C7H14O2/c1-5-13-7-6-8-14(9-13)18-22-15(10-27-18)17(24)20-11(2)16(23)21-12(3)19(25)26-4;1-5-6(8)9-7(2,3)4/h6-10H,2-3,5H2,1,4H3,(H,20,24)(H,21,23);5H2,1-4H3. The third-order valence-electron chi connectivity index (χ3n) is 4.26. The molecule has 0 aliphatic heterocycles. The molecule has 2 N–H and O–H groups in total. The van der Waals surface area contributed by atoms with Gasteiger partial charge in [-0.3, -0.25) is 14.4 Å². The van der Waals surface area contributed by atoms with Crippen molar-refractivity contribution >= 4 is 35.1 Å². The highest BCUT2D eigenvalue weighted by molar-refractivity contribution is 7.13. The summed E-state index contributed by atoms with van der Waals surface area (Å²) in [6, 6.07) is 7.90. The fourth-order valence-corrected chi connectivity index (χ4v) is 3.29. The number of benzene rings is 1. The van der Waals surface area contributed by atoms with Crippen LogP contribution in [-0.2, 0) is 30.3 Å². The molecule has 9 nitrogen and oxygen atoms in total. The summed E-state index contributed by atoms with van der Waals surface area (Å²) >= 11 is 1.33. The molecule has 0 aliphatic rings. The van der Waals surface area contributed by atoms with E-state index in [0.29, 0.717) is 11.4 Å². The van der Waals surface area contributed by atoms with Gasteiger partial charge in [0.25, 0.3) is 11.8 Å². The van der Waals surface area contributed by atoms with Crippen molar-refractivity contribution in [3.8, 4) is 10.6 Å². The minimum atomic E-state index is -0.791. The first kappa shape index (κ1) is 30.2. The zero-order valence-corrected chi connectivity index (χ0v) is 22.3. The van der Waals surface area contributed by atoms with Gasteiger partial charge in [0, 0.05) is 17.4 Å². The summed E-state index contributed by atoms with van der Waals surface area (Å²) in [6.07, 6.45) is 1.36. The normalized spacial score (nSPS) is 10.3. The molecule has 194 valence electrons. The number of ether oxygens (including phenoxy) is 2. The molecule has 0 bridgehead atoms. The van der Waals surface area contributed by atoms with E-state index in [1.807, 2.05) is 45.0 Å². The van der Waals surface area contributed by atoms with E-state index in [1.165, 1.54) is 16.9 Å². The van der Waals surface area contributed by atoms with Crippen LogP contribution in [0.15, 0.2) is 54.2 Å². The lowest BCUT2D eigenvalue weighted by atomic mass is 10.1. The lowest BCUT2D eigenvalue weighted by molar-refractivity contribution is -0.154. The molecule has 2 amide bonds. The number of thiazole rings is 1. The van der Waals surface area contributed by atoms with Crippen molar-refractivity contribution in [1.29, 1.82) is 0 Å². The van der Waals surface area contributed by atoms with Crippen LogP contribution in [0.2, 0.25) is 0 Å². The van der Waals surface area contributed by atoms with Crippen LogP contribution >= 0.6 is 11.3 Å². The van der Waals surface area contributed by atoms with E-state index in [1.54, 1.807) is 12.3 Å². The zero-order chi connectivity index (χ0) is 27.5. The molecule has 10 heteroatoms. The summed E-state index contributed by atoms with van der Waals surface area (Å²) in [7, 11) is 1.16. The Morgan fingerprint density at radius 1 is 1.06 bits per heavy atom. The number of esters is 2. The Hall–Kier alpha value is -3.79. The van der Waals surface area contributed by atoms with Crippen molar-refractivity contribution in [2.75, 3.05) is 7.11 Å².